The summed E-state index contributed by atoms with van der Waals surface area (Å²) in [6, 6.07) is 74.2. The molecule has 2 heteroatoms. The number of rotatable bonds is 6. The first-order chi connectivity index (χ1) is 29.0. The van der Waals surface area contributed by atoms with Crippen LogP contribution in [-0.2, 0) is 5.41 Å². The molecule has 0 spiro atoms. The number of benzene rings is 9. The fourth-order valence-corrected chi connectivity index (χ4v) is 9.53. The summed E-state index contributed by atoms with van der Waals surface area (Å²) in [7, 11) is 0. The van der Waals surface area contributed by atoms with E-state index in [2.05, 4.69) is 214 Å². The molecule has 1 aromatic heterocycles. The van der Waals surface area contributed by atoms with Gasteiger partial charge in [-0.25, -0.2) is 9.97 Å². The molecule has 0 radical (unpaired) electrons. The Morgan fingerprint density at radius 2 is 0.881 bits per heavy atom. The lowest BCUT2D eigenvalue weighted by molar-refractivity contribution is 0.666. The van der Waals surface area contributed by atoms with Crippen LogP contribution < -0.4 is 0 Å². The molecule has 0 bridgehead atoms. The predicted octanol–water partition coefficient (Wildman–Crippen LogP) is 15.1. The van der Waals surface area contributed by atoms with Crippen LogP contribution in [0.15, 0.2) is 206 Å². The third-order valence-electron chi connectivity index (χ3n) is 12.3. The van der Waals surface area contributed by atoms with E-state index in [1.165, 1.54) is 60.7 Å². The van der Waals surface area contributed by atoms with Gasteiger partial charge in [0.25, 0.3) is 0 Å². The highest BCUT2D eigenvalue weighted by molar-refractivity contribution is 6.06. The maximum atomic E-state index is 5.36. The minimum atomic E-state index is -0.117. The highest BCUT2D eigenvalue weighted by Gasteiger charge is 2.38. The van der Waals surface area contributed by atoms with Gasteiger partial charge < -0.3 is 0 Å². The highest BCUT2D eigenvalue weighted by Crippen LogP contribution is 2.54. The fourth-order valence-electron chi connectivity index (χ4n) is 9.53. The van der Waals surface area contributed by atoms with Gasteiger partial charge >= 0.3 is 0 Å². The SMILES string of the molecule is CC1(C)c2cccc(-c3cccc(-c4ccc(-c5nc(-c6ccccc6)cc(-c6ccccc6-c6ccccc6)n5)c5ccccc45)c3)c2-c2ccc3ccccc3c21. The number of hydrogen-bond donors (Lipinski definition) is 0. The minimum Gasteiger partial charge on any atom is -0.228 e. The number of nitrogens with zero attached hydrogens (tertiary/aromatic N) is 2. The zero-order chi connectivity index (χ0) is 39.5. The van der Waals surface area contributed by atoms with Gasteiger partial charge in [0.05, 0.1) is 11.4 Å². The summed E-state index contributed by atoms with van der Waals surface area (Å²) in [4.78, 5) is 10.6. The van der Waals surface area contributed by atoms with Crippen LogP contribution in [0.1, 0.15) is 25.0 Å². The largest absolute Gasteiger partial charge is 0.228 e. The number of fused-ring (bicyclic) bond motifs is 6. The quantitative estimate of drug-likeness (QED) is 0.169. The molecule has 0 amide bonds. The third kappa shape index (κ3) is 5.79. The lowest BCUT2D eigenvalue weighted by atomic mass is 9.80. The molecule has 10 aromatic rings. The molecule has 9 aromatic carbocycles. The zero-order valence-corrected chi connectivity index (χ0v) is 33.0. The molecular formula is C57H40N2. The maximum absolute atomic E-state index is 5.36. The summed E-state index contributed by atoms with van der Waals surface area (Å²) in [6.45, 7) is 4.75. The fraction of sp³-hybridized carbons (Fsp3) is 0.0526. The monoisotopic (exact) mass is 752 g/mol. The van der Waals surface area contributed by atoms with Crippen LogP contribution in [0.25, 0.3) is 100.0 Å². The molecule has 0 unspecified atom stereocenters. The maximum Gasteiger partial charge on any atom is 0.161 e. The van der Waals surface area contributed by atoms with Crippen molar-refractivity contribution in [1.82, 2.24) is 9.97 Å². The van der Waals surface area contributed by atoms with E-state index in [0.29, 0.717) is 5.82 Å². The van der Waals surface area contributed by atoms with Crippen LogP contribution in [-0.4, -0.2) is 9.97 Å². The molecule has 0 saturated heterocycles. The summed E-state index contributed by atoms with van der Waals surface area (Å²) >= 11 is 0. The topological polar surface area (TPSA) is 25.8 Å². The van der Waals surface area contributed by atoms with E-state index in [-0.39, 0.29) is 5.41 Å². The van der Waals surface area contributed by atoms with Crippen molar-refractivity contribution < 1.29 is 0 Å². The Morgan fingerprint density at radius 1 is 0.339 bits per heavy atom. The molecule has 278 valence electrons. The average Bonchev–Trinajstić information content (AvgIpc) is 3.55. The van der Waals surface area contributed by atoms with Gasteiger partial charge in [-0.3, -0.25) is 0 Å². The van der Waals surface area contributed by atoms with E-state index in [1.54, 1.807) is 0 Å². The van der Waals surface area contributed by atoms with E-state index in [9.17, 15) is 0 Å². The smallest absolute Gasteiger partial charge is 0.161 e. The van der Waals surface area contributed by atoms with Crippen LogP contribution in [0.4, 0.5) is 0 Å². The third-order valence-corrected chi connectivity index (χ3v) is 12.3. The second-order valence-corrected chi connectivity index (χ2v) is 16.1. The first-order valence-electron chi connectivity index (χ1n) is 20.4. The summed E-state index contributed by atoms with van der Waals surface area (Å²) in [5.74, 6) is 0.703. The molecule has 0 fully saturated rings. The Bertz CT molecular complexity index is 3230. The van der Waals surface area contributed by atoms with Crippen molar-refractivity contribution in [3.63, 3.8) is 0 Å². The van der Waals surface area contributed by atoms with Crippen molar-refractivity contribution in [3.05, 3.63) is 217 Å². The Kier molecular flexibility index (Phi) is 8.20. The van der Waals surface area contributed by atoms with Crippen molar-refractivity contribution in [1.29, 1.82) is 0 Å². The van der Waals surface area contributed by atoms with Gasteiger partial charge in [-0.15, -0.1) is 0 Å². The first kappa shape index (κ1) is 34.8. The van der Waals surface area contributed by atoms with Gasteiger partial charge in [0.15, 0.2) is 5.82 Å². The van der Waals surface area contributed by atoms with Crippen LogP contribution >= 0.6 is 0 Å². The molecule has 11 rings (SSSR count). The molecule has 0 atom stereocenters. The first-order valence-corrected chi connectivity index (χ1v) is 20.4. The van der Waals surface area contributed by atoms with Gasteiger partial charge in [-0.1, -0.05) is 202 Å². The van der Waals surface area contributed by atoms with Gasteiger partial charge in [-0.2, -0.15) is 0 Å². The molecule has 0 saturated carbocycles. The molecule has 1 aliphatic carbocycles. The second-order valence-electron chi connectivity index (χ2n) is 16.1. The average molecular weight is 753 g/mol. The van der Waals surface area contributed by atoms with Crippen LogP contribution in [0.2, 0.25) is 0 Å². The van der Waals surface area contributed by atoms with Crippen molar-refractivity contribution in [2.24, 2.45) is 0 Å². The van der Waals surface area contributed by atoms with Crippen LogP contribution in [0, 0.1) is 0 Å². The molecule has 1 aliphatic rings. The Hall–Kier alpha value is -7.42. The predicted molar refractivity (Wildman–Crippen MR) is 247 cm³/mol. The Morgan fingerprint density at radius 3 is 1.66 bits per heavy atom. The highest BCUT2D eigenvalue weighted by atomic mass is 14.9. The summed E-state index contributed by atoms with van der Waals surface area (Å²) in [5, 5.41) is 4.91. The van der Waals surface area contributed by atoms with E-state index in [1.807, 2.05) is 6.07 Å². The van der Waals surface area contributed by atoms with E-state index < -0.39 is 0 Å². The van der Waals surface area contributed by atoms with Gasteiger partial charge in [0, 0.05) is 22.1 Å². The molecule has 0 N–H and O–H groups in total. The van der Waals surface area contributed by atoms with Crippen LogP contribution in [0.5, 0.6) is 0 Å². The minimum absolute atomic E-state index is 0.117. The lowest BCUT2D eigenvalue weighted by Gasteiger charge is -2.23. The number of hydrogen-bond acceptors (Lipinski definition) is 2. The molecule has 1 heterocycles. The van der Waals surface area contributed by atoms with Crippen molar-refractivity contribution >= 4 is 21.5 Å². The standard InChI is InChI=1S/C57H40N2/c1-57(2)51-30-16-29-44(54(51)50-32-31-38-19-9-10-25-45(38)55(50)57)41-23-15-22-40(35-41)43-33-34-49(47-27-13-12-26-46(43)47)56-58-52(39-20-7-4-8-21-39)36-53(59-56)48-28-14-11-24-42(48)37-17-5-3-6-18-37/h3-36H,1-2H3. The van der Waals surface area contributed by atoms with Crippen molar-refractivity contribution in [2.45, 2.75) is 19.3 Å². The van der Waals surface area contributed by atoms with Crippen LogP contribution in [0.3, 0.4) is 0 Å². The number of aromatic nitrogens is 2. The molecule has 0 aliphatic heterocycles. The summed E-state index contributed by atoms with van der Waals surface area (Å²) in [6.07, 6.45) is 0. The molecule has 59 heavy (non-hydrogen) atoms. The Labute approximate surface area is 345 Å². The Balaban J connectivity index is 1.06. The molecular weight excluding hydrogens is 713 g/mol. The zero-order valence-electron chi connectivity index (χ0n) is 33.0. The normalized spacial score (nSPS) is 12.7. The van der Waals surface area contributed by atoms with Gasteiger partial charge in [0.1, 0.15) is 0 Å². The van der Waals surface area contributed by atoms with Gasteiger partial charge in [-0.05, 0) is 95.4 Å². The second kappa shape index (κ2) is 13.9. The van der Waals surface area contributed by atoms with Crippen molar-refractivity contribution in [3.8, 4) is 78.4 Å². The van der Waals surface area contributed by atoms with E-state index >= 15 is 0 Å². The lowest BCUT2D eigenvalue weighted by Crippen LogP contribution is -2.15. The summed E-state index contributed by atoms with van der Waals surface area (Å²) in [5.41, 5.74) is 17.4. The van der Waals surface area contributed by atoms with Gasteiger partial charge in [0.2, 0.25) is 0 Å². The molecule has 2 nitrogen and oxygen atoms in total. The van der Waals surface area contributed by atoms with E-state index in [4.69, 9.17) is 9.97 Å². The van der Waals surface area contributed by atoms with E-state index in [0.717, 1.165) is 44.6 Å². The summed E-state index contributed by atoms with van der Waals surface area (Å²) < 4.78 is 0. The van der Waals surface area contributed by atoms with Crippen molar-refractivity contribution in [2.75, 3.05) is 0 Å².